The fraction of sp³-hybridized carbons (Fsp3) is 0.333. The Morgan fingerprint density at radius 2 is 2.10 bits per heavy atom. The predicted molar refractivity (Wildman–Crippen MR) is 85.4 cm³/mol. The fourth-order valence-corrected chi connectivity index (χ4v) is 2.32. The number of nitrogens with zero attached hydrogens (tertiary/aromatic N) is 1. The summed E-state index contributed by atoms with van der Waals surface area (Å²) in [4.78, 5) is 23.4. The van der Waals surface area contributed by atoms with Gasteiger partial charge >= 0.3 is 35.5 Å². The molecule has 0 amide bonds. The van der Waals surface area contributed by atoms with Crippen LogP contribution in [-0.4, -0.2) is 51.7 Å². The van der Waals surface area contributed by atoms with Crippen LogP contribution >= 0.6 is 0 Å². The Kier molecular flexibility index (Phi) is 6.61. The number of hydrogen-bond acceptors (Lipinski definition) is 3. The normalized spacial score (nSPS) is 10.4. The molecule has 0 saturated heterocycles. The van der Waals surface area contributed by atoms with Crippen molar-refractivity contribution in [3.8, 4) is 0 Å². The maximum atomic E-state index is 12.2. The van der Waals surface area contributed by atoms with Gasteiger partial charge in [-0.1, -0.05) is 6.07 Å². The van der Waals surface area contributed by atoms with Crippen molar-refractivity contribution in [1.29, 1.82) is 0 Å². The molecule has 0 saturated carbocycles. The topological polar surface area (TPSA) is 85.3 Å². The molecule has 0 aliphatic rings. The van der Waals surface area contributed by atoms with Crippen LogP contribution in [0.1, 0.15) is 29.3 Å². The third kappa shape index (κ3) is 3.74. The molecule has 0 fully saturated rings. The summed E-state index contributed by atoms with van der Waals surface area (Å²) in [5, 5.41) is 9.59. The molecule has 6 heteroatoms. The standard InChI is InChI=1S/C15H18N2O3.Na.H/c1-2-17-9-12(15(19)20)14(18)11-8-10(4-3-7-16)5-6-13(11)17;;/h5-6,8-9H,2-4,7,16H2,1H3,(H,19,20);;. The molecular formula is C15H19N2NaO3. The van der Waals surface area contributed by atoms with Crippen molar-refractivity contribution >= 4 is 46.4 Å². The van der Waals surface area contributed by atoms with Crippen molar-refractivity contribution < 1.29 is 9.90 Å². The van der Waals surface area contributed by atoms with Crippen LogP contribution in [0.15, 0.2) is 29.2 Å². The van der Waals surface area contributed by atoms with E-state index in [0.717, 1.165) is 23.9 Å². The Balaban J connectivity index is 0.00000220. The summed E-state index contributed by atoms with van der Waals surface area (Å²) in [5.74, 6) is -1.19. The third-order valence-corrected chi connectivity index (χ3v) is 3.39. The minimum atomic E-state index is -1.19. The predicted octanol–water partition coefficient (Wildman–Crippen LogP) is 0.962. The number of aryl methyl sites for hydroxylation is 2. The summed E-state index contributed by atoms with van der Waals surface area (Å²) < 4.78 is 1.78. The molecule has 2 rings (SSSR count). The van der Waals surface area contributed by atoms with Crippen molar-refractivity contribution in [1.82, 2.24) is 4.57 Å². The molecular weight excluding hydrogens is 279 g/mol. The molecule has 108 valence electrons. The second-order valence-corrected chi connectivity index (χ2v) is 4.71. The van der Waals surface area contributed by atoms with Crippen molar-refractivity contribution in [2.75, 3.05) is 6.54 Å². The number of fused-ring (bicyclic) bond motifs is 1. The van der Waals surface area contributed by atoms with Crippen molar-refractivity contribution in [2.45, 2.75) is 26.3 Å². The zero-order valence-corrected chi connectivity index (χ0v) is 11.4. The van der Waals surface area contributed by atoms with E-state index in [9.17, 15) is 9.59 Å². The number of carboxylic acids is 1. The average Bonchev–Trinajstić information content (AvgIpc) is 2.45. The molecule has 0 spiro atoms. The number of rotatable bonds is 5. The minimum absolute atomic E-state index is 0. The second kappa shape index (κ2) is 7.75. The quantitative estimate of drug-likeness (QED) is 0.805. The van der Waals surface area contributed by atoms with Gasteiger partial charge in [0.05, 0.1) is 5.52 Å². The van der Waals surface area contributed by atoms with Crippen LogP contribution in [-0.2, 0) is 13.0 Å². The monoisotopic (exact) mass is 298 g/mol. The Hall–Kier alpha value is -1.14. The van der Waals surface area contributed by atoms with Gasteiger partial charge in [0.15, 0.2) is 0 Å². The molecule has 3 N–H and O–H groups in total. The number of aromatic carboxylic acids is 1. The van der Waals surface area contributed by atoms with Gasteiger partial charge in [-0.3, -0.25) is 4.79 Å². The van der Waals surface area contributed by atoms with E-state index in [4.69, 9.17) is 10.8 Å². The first-order valence-corrected chi connectivity index (χ1v) is 6.68. The molecule has 2 aromatic rings. The number of benzene rings is 1. The summed E-state index contributed by atoms with van der Waals surface area (Å²) in [6, 6.07) is 5.62. The molecule has 0 bridgehead atoms. The molecule has 1 heterocycles. The first kappa shape index (κ1) is 17.9. The summed E-state index contributed by atoms with van der Waals surface area (Å²) in [6.45, 7) is 3.11. The number of pyridine rings is 1. The molecule has 1 aromatic heterocycles. The first-order valence-electron chi connectivity index (χ1n) is 6.68. The van der Waals surface area contributed by atoms with Gasteiger partial charge in [-0.05, 0) is 44.0 Å². The van der Waals surface area contributed by atoms with E-state index in [0.29, 0.717) is 18.5 Å². The van der Waals surface area contributed by atoms with Crippen LogP contribution in [0.25, 0.3) is 10.9 Å². The van der Waals surface area contributed by atoms with Gasteiger partial charge < -0.3 is 15.4 Å². The molecule has 1 aromatic carbocycles. The molecule has 0 radical (unpaired) electrons. The van der Waals surface area contributed by atoms with E-state index in [1.54, 1.807) is 10.6 Å². The molecule has 21 heavy (non-hydrogen) atoms. The van der Waals surface area contributed by atoms with Gasteiger partial charge in [0.1, 0.15) is 5.56 Å². The van der Waals surface area contributed by atoms with E-state index in [-0.39, 0.29) is 35.1 Å². The van der Waals surface area contributed by atoms with Gasteiger partial charge in [-0.25, -0.2) is 4.79 Å². The molecule has 0 aliphatic heterocycles. The van der Waals surface area contributed by atoms with E-state index in [1.807, 2.05) is 19.1 Å². The number of carboxylic acid groups (broad SMARTS) is 1. The van der Waals surface area contributed by atoms with Gasteiger partial charge in [-0.2, -0.15) is 0 Å². The van der Waals surface area contributed by atoms with Crippen LogP contribution in [0.5, 0.6) is 0 Å². The van der Waals surface area contributed by atoms with E-state index in [1.165, 1.54) is 6.20 Å². The molecule has 5 nitrogen and oxygen atoms in total. The summed E-state index contributed by atoms with van der Waals surface area (Å²) in [5.41, 5.74) is 6.64. The van der Waals surface area contributed by atoms with Crippen LogP contribution in [0.3, 0.4) is 0 Å². The summed E-state index contributed by atoms with van der Waals surface area (Å²) >= 11 is 0. The third-order valence-electron chi connectivity index (χ3n) is 3.39. The van der Waals surface area contributed by atoms with E-state index in [2.05, 4.69) is 0 Å². The Labute approximate surface area is 145 Å². The van der Waals surface area contributed by atoms with Crippen LogP contribution in [0, 0.1) is 0 Å². The zero-order chi connectivity index (χ0) is 14.7. The second-order valence-electron chi connectivity index (χ2n) is 4.71. The van der Waals surface area contributed by atoms with E-state index >= 15 is 0 Å². The Morgan fingerprint density at radius 3 is 2.67 bits per heavy atom. The van der Waals surface area contributed by atoms with Crippen LogP contribution in [0.2, 0.25) is 0 Å². The zero-order valence-electron chi connectivity index (χ0n) is 11.4. The van der Waals surface area contributed by atoms with Crippen LogP contribution < -0.4 is 11.2 Å². The first-order chi connectivity index (χ1) is 9.58. The number of aromatic nitrogens is 1. The Morgan fingerprint density at radius 1 is 1.38 bits per heavy atom. The maximum absolute atomic E-state index is 12.2. The van der Waals surface area contributed by atoms with Crippen LogP contribution in [0.4, 0.5) is 0 Å². The SMILES string of the molecule is CCn1cc(C(=O)O)c(=O)c2cc(CCCN)ccc21.[NaH]. The van der Waals surface area contributed by atoms with Gasteiger partial charge in [0, 0.05) is 18.1 Å². The van der Waals surface area contributed by atoms with Crippen molar-refractivity contribution in [3.05, 3.63) is 45.7 Å². The molecule has 0 atom stereocenters. The summed E-state index contributed by atoms with van der Waals surface area (Å²) in [7, 11) is 0. The van der Waals surface area contributed by atoms with Crippen molar-refractivity contribution in [2.24, 2.45) is 5.73 Å². The number of nitrogens with two attached hydrogens (primary N) is 1. The Bertz CT molecular complexity index is 710. The summed E-state index contributed by atoms with van der Waals surface area (Å²) in [6.07, 6.45) is 3.04. The molecule has 0 unspecified atom stereocenters. The van der Waals surface area contributed by atoms with Gasteiger partial charge in [0.2, 0.25) is 5.43 Å². The average molecular weight is 298 g/mol. The van der Waals surface area contributed by atoms with Gasteiger partial charge in [-0.15, -0.1) is 0 Å². The van der Waals surface area contributed by atoms with E-state index < -0.39 is 11.4 Å². The number of hydrogen-bond donors (Lipinski definition) is 2. The van der Waals surface area contributed by atoms with Gasteiger partial charge in [0.25, 0.3) is 0 Å². The van der Waals surface area contributed by atoms with Crippen molar-refractivity contribution in [3.63, 3.8) is 0 Å². The number of carbonyl (C=O) groups is 1. The fourth-order valence-electron chi connectivity index (χ4n) is 2.32. The molecule has 0 aliphatic carbocycles.